The largest absolute Gasteiger partial charge is 0.339 e. The Labute approximate surface area is 203 Å². The average Bonchev–Trinajstić information content (AvgIpc) is 3.68. The predicted molar refractivity (Wildman–Crippen MR) is 133 cm³/mol. The molecule has 1 saturated heterocycles. The van der Waals surface area contributed by atoms with Crippen LogP contribution in [0.4, 0.5) is 5.69 Å². The fourth-order valence-corrected chi connectivity index (χ4v) is 4.77. The highest BCUT2D eigenvalue weighted by Gasteiger charge is 2.30. The van der Waals surface area contributed by atoms with E-state index in [0.717, 1.165) is 56.5 Å². The number of pyridine rings is 1. The molecule has 2 amide bonds. The molecular weight excluding hydrogens is 440 g/mol. The molecule has 3 heterocycles. The minimum absolute atomic E-state index is 0.0471. The van der Waals surface area contributed by atoms with E-state index in [0.29, 0.717) is 39.5 Å². The number of para-hydroxylation sites is 1. The second-order valence-corrected chi connectivity index (χ2v) is 9.30. The molecule has 0 spiro atoms. The molecule has 1 aliphatic carbocycles. The Morgan fingerprint density at radius 3 is 2.43 bits per heavy atom. The Morgan fingerprint density at radius 1 is 0.914 bits per heavy atom. The Kier molecular flexibility index (Phi) is 5.52. The van der Waals surface area contributed by atoms with E-state index in [9.17, 15) is 9.59 Å². The van der Waals surface area contributed by atoms with Crippen molar-refractivity contribution in [3.05, 3.63) is 77.5 Å². The van der Waals surface area contributed by atoms with Gasteiger partial charge in [0.05, 0.1) is 22.2 Å². The summed E-state index contributed by atoms with van der Waals surface area (Å²) in [5.74, 6) is -0.0168. The topological polar surface area (TPSA) is 88.3 Å². The summed E-state index contributed by atoms with van der Waals surface area (Å²) < 4.78 is 5.60. The zero-order valence-electron chi connectivity index (χ0n) is 19.4. The molecule has 0 unspecified atom stereocenters. The van der Waals surface area contributed by atoms with Gasteiger partial charge < -0.3 is 14.7 Å². The second kappa shape index (κ2) is 8.98. The summed E-state index contributed by atoms with van der Waals surface area (Å²) in [6.07, 6.45) is 5.26. The Balaban J connectivity index is 1.39. The molecule has 7 heteroatoms. The molecule has 2 fully saturated rings. The molecule has 1 aliphatic heterocycles. The van der Waals surface area contributed by atoms with Crippen LogP contribution in [-0.2, 0) is 0 Å². The number of nitrogens with one attached hydrogen (secondary N) is 1. The van der Waals surface area contributed by atoms with E-state index in [4.69, 9.17) is 4.52 Å². The van der Waals surface area contributed by atoms with Crippen molar-refractivity contribution in [2.24, 2.45) is 0 Å². The number of anilines is 1. The maximum atomic E-state index is 13.7. The van der Waals surface area contributed by atoms with Crippen molar-refractivity contribution < 1.29 is 14.1 Å². The van der Waals surface area contributed by atoms with Crippen molar-refractivity contribution in [1.29, 1.82) is 0 Å². The van der Waals surface area contributed by atoms with Crippen molar-refractivity contribution in [2.45, 2.75) is 38.0 Å². The van der Waals surface area contributed by atoms with Gasteiger partial charge in [-0.15, -0.1) is 0 Å². The van der Waals surface area contributed by atoms with E-state index >= 15 is 0 Å². The zero-order valence-corrected chi connectivity index (χ0v) is 19.4. The van der Waals surface area contributed by atoms with Crippen molar-refractivity contribution in [3.63, 3.8) is 0 Å². The van der Waals surface area contributed by atoms with E-state index in [-0.39, 0.29) is 11.8 Å². The summed E-state index contributed by atoms with van der Waals surface area (Å²) in [5, 5.41) is 7.86. The summed E-state index contributed by atoms with van der Waals surface area (Å²) >= 11 is 0. The van der Waals surface area contributed by atoms with Gasteiger partial charge in [-0.25, -0.2) is 4.98 Å². The van der Waals surface area contributed by atoms with Crippen LogP contribution in [0.2, 0.25) is 0 Å². The van der Waals surface area contributed by atoms with Crippen molar-refractivity contribution in [1.82, 2.24) is 15.0 Å². The summed E-state index contributed by atoms with van der Waals surface area (Å²) in [6, 6.07) is 18.7. The molecule has 35 heavy (non-hydrogen) atoms. The summed E-state index contributed by atoms with van der Waals surface area (Å²) in [6.45, 7) is 1.50. The molecule has 6 rings (SSSR count). The number of benzene rings is 2. The van der Waals surface area contributed by atoms with Crippen molar-refractivity contribution in [2.75, 3.05) is 18.4 Å². The Hall–Kier alpha value is -4.00. The van der Waals surface area contributed by atoms with Crippen LogP contribution in [0.3, 0.4) is 0 Å². The number of likely N-dealkylation sites (tertiary alicyclic amines) is 1. The maximum absolute atomic E-state index is 13.7. The lowest BCUT2D eigenvalue weighted by atomic mass is 10.0. The van der Waals surface area contributed by atoms with Crippen molar-refractivity contribution >= 4 is 28.6 Å². The lowest BCUT2D eigenvalue weighted by Gasteiger charge is -2.27. The summed E-state index contributed by atoms with van der Waals surface area (Å²) in [5.41, 5.74) is 4.09. The first-order chi connectivity index (χ1) is 17.2. The molecular formula is C28H26N4O3. The number of aromatic nitrogens is 2. The monoisotopic (exact) mass is 466 g/mol. The van der Waals surface area contributed by atoms with E-state index in [1.165, 1.54) is 0 Å². The molecule has 0 radical (unpaired) electrons. The summed E-state index contributed by atoms with van der Waals surface area (Å²) in [7, 11) is 0. The van der Waals surface area contributed by atoms with Gasteiger partial charge in [-0.1, -0.05) is 47.6 Å². The first-order valence-corrected chi connectivity index (χ1v) is 12.2. The molecule has 7 nitrogen and oxygen atoms in total. The van der Waals surface area contributed by atoms with Gasteiger partial charge in [-0.3, -0.25) is 9.59 Å². The number of rotatable bonds is 5. The number of hydrogen-bond donors (Lipinski definition) is 1. The fraction of sp³-hybridized carbons (Fsp3) is 0.286. The van der Waals surface area contributed by atoms with Crippen LogP contribution in [0.1, 0.15) is 64.4 Å². The van der Waals surface area contributed by atoms with Crippen LogP contribution in [0.5, 0.6) is 0 Å². The van der Waals surface area contributed by atoms with E-state index in [1.54, 1.807) is 12.1 Å². The number of piperidine rings is 1. The smallest absolute Gasteiger partial charge is 0.259 e. The molecule has 2 aromatic carbocycles. The molecule has 2 aromatic heterocycles. The highest BCUT2D eigenvalue weighted by molar-refractivity contribution is 6.16. The van der Waals surface area contributed by atoms with Crippen LogP contribution in [-0.4, -0.2) is 39.9 Å². The predicted octanol–water partition coefficient (Wildman–Crippen LogP) is 5.65. The highest BCUT2D eigenvalue weighted by Crippen LogP contribution is 2.41. The fourth-order valence-electron chi connectivity index (χ4n) is 4.77. The Morgan fingerprint density at radius 2 is 1.66 bits per heavy atom. The lowest BCUT2D eigenvalue weighted by molar-refractivity contribution is 0.0725. The normalized spacial score (nSPS) is 15.8. The molecule has 0 atom stereocenters. The third kappa shape index (κ3) is 4.18. The van der Waals surface area contributed by atoms with E-state index < -0.39 is 0 Å². The molecule has 1 saturated carbocycles. The third-order valence-corrected chi connectivity index (χ3v) is 6.80. The Bertz CT molecular complexity index is 1400. The van der Waals surface area contributed by atoms with Crippen LogP contribution in [0.15, 0.2) is 65.2 Å². The maximum Gasteiger partial charge on any atom is 0.259 e. The zero-order chi connectivity index (χ0) is 23.8. The number of amides is 2. The van der Waals surface area contributed by atoms with Crippen LogP contribution < -0.4 is 5.32 Å². The number of carbonyl (C=O) groups excluding carboxylic acids is 2. The van der Waals surface area contributed by atoms with E-state index in [2.05, 4.69) is 15.5 Å². The second-order valence-electron chi connectivity index (χ2n) is 9.30. The van der Waals surface area contributed by atoms with Gasteiger partial charge in [0.1, 0.15) is 5.69 Å². The first-order valence-electron chi connectivity index (χ1n) is 12.2. The number of carbonyl (C=O) groups is 2. The number of fused-ring (bicyclic) bond motifs is 1. The minimum atomic E-state index is -0.307. The van der Waals surface area contributed by atoms with Crippen LogP contribution in [0, 0.1) is 0 Å². The van der Waals surface area contributed by atoms with Crippen LogP contribution in [0.25, 0.3) is 22.4 Å². The minimum Gasteiger partial charge on any atom is -0.339 e. The van der Waals surface area contributed by atoms with E-state index in [1.807, 2.05) is 53.4 Å². The van der Waals surface area contributed by atoms with Gasteiger partial charge in [-0.05, 0) is 50.3 Å². The first kappa shape index (κ1) is 21.5. The lowest BCUT2D eigenvalue weighted by Crippen LogP contribution is -2.36. The quantitative estimate of drug-likeness (QED) is 0.411. The SMILES string of the molecule is O=C(Nc1ccccc1C(=O)N1CCCCC1)c1cc(C2CC2)nc2onc(-c3ccccc3)c12. The van der Waals surface area contributed by atoms with Gasteiger partial charge in [0.2, 0.25) is 0 Å². The number of hydrogen-bond acceptors (Lipinski definition) is 5. The summed E-state index contributed by atoms with van der Waals surface area (Å²) in [4.78, 5) is 33.5. The number of nitrogens with zero attached hydrogens (tertiary/aromatic N) is 3. The molecule has 2 aliphatic rings. The molecule has 4 aromatic rings. The average molecular weight is 467 g/mol. The molecule has 1 N–H and O–H groups in total. The standard InChI is InChI=1S/C28H26N4O3/c33-26(29-22-12-6-5-11-20(22)28(34)32-15-7-2-8-16-32)21-17-23(18-13-14-18)30-27-24(21)25(31-35-27)19-9-3-1-4-10-19/h1,3-6,9-12,17-18H,2,7-8,13-16H2,(H,29,33). The van der Waals surface area contributed by atoms with Gasteiger partial charge in [0, 0.05) is 30.3 Å². The van der Waals surface area contributed by atoms with Crippen LogP contribution >= 0.6 is 0 Å². The highest BCUT2D eigenvalue weighted by atomic mass is 16.5. The van der Waals surface area contributed by atoms with Crippen molar-refractivity contribution in [3.8, 4) is 11.3 Å². The third-order valence-electron chi connectivity index (χ3n) is 6.80. The van der Waals surface area contributed by atoms with Gasteiger partial charge in [0.25, 0.3) is 17.5 Å². The molecule has 176 valence electrons. The van der Waals surface area contributed by atoms with Gasteiger partial charge >= 0.3 is 0 Å². The molecule has 0 bridgehead atoms. The van der Waals surface area contributed by atoms with Gasteiger partial charge in [0.15, 0.2) is 0 Å². The van der Waals surface area contributed by atoms with Gasteiger partial charge in [-0.2, -0.15) is 0 Å².